The van der Waals surface area contributed by atoms with Crippen LogP contribution in [-0.2, 0) is 20.0 Å². The number of sulfonamides is 2. The van der Waals surface area contributed by atoms with Crippen LogP contribution in [0.2, 0.25) is 0 Å². The van der Waals surface area contributed by atoms with Crippen LogP contribution in [0.25, 0.3) is 0 Å². The van der Waals surface area contributed by atoms with Gasteiger partial charge in [0.2, 0.25) is 20.0 Å². The van der Waals surface area contributed by atoms with Gasteiger partial charge in [0.05, 0.1) is 9.79 Å². The first-order valence-electron chi connectivity index (χ1n) is 12.4. The largest absolute Gasteiger partial charge is 0.289 e. The Morgan fingerprint density at radius 3 is 1.42 bits per heavy atom. The van der Waals surface area contributed by atoms with Gasteiger partial charge >= 0.3 is 0 Å². The van der Waals surface area contributed by atoms with Crippen LogP contribution in [0.5, 0.6) is 0 Å². The zero-order valence-corrected chi connectivity index (χ0v) is 22.1. The van der Waals surface area contributed by atoms with E-state index in [4.69, 9.17) is 0 Å². The molecule has 0 bridgehead atoms. The second kappa shape index (κ2) is 9.16. The van der Waals surface area contributed by atoms with Gasteiger partial charge < -0.3 is 0 Å². The number of benzene rings is 2. The summed E-state index contributed by atoms with van der Waals surface area (Å²) < 4.78 is 56.0. The van der Waals surface area contributed by atoms with Crippen molar-refractivity contribution in [3.63, 3.8) is 0 Å². The average molecular weight is 531 g/mol. The van der Waals surface area contributed by atoms with E-state index in [0.717, 1.165) is 25.7 Å². The van der Waals surface area contributed by atoms with Crippen molar-refractivity contribution in [1.82, 2.24) is 8.61 Å². The monoisotopic (exact) mass is 530 g/mol. The number of nitrogens with zero attached hydrogens (tertiary/aromatic N) is 2. The Balaban J connectivity index is 1.52. The summed E-state index contributed by atoms with van der Waals surface area (Å²) in [4.78, 5) is 26.6. The van der Waals surface area contributed by atoms with E-state index in [1.807, 2.05) is 13.8 Å². The van der Waals surface area contributed by atoms with Crippen LogP contribution < -0.4 is 0 Å². The van der Waals surface area contributed by atoms with Gasteiger partial charge in [-0.25, -0.2) is 16.8 Å². The Labute approximate surface area is 212 Å². The fraction of sp³-hybridized carbons (Fsp3) is 0.462. The summed E-state index contributed by atoms with van der Waals surface area (Å²) in [7, 11) is -7.66. The predicted octanol–water partition coefficient (Wildman–Crippen LogP) is 3.30. The summed E-state index contributed by atoms with van der Waals surface area (Å²) in [5, 5.41) is 0. The maximum absolute atomic E-state index is 13.5. The van der Waals surface area contributed by atoms with Crippen molar-refractivity contribution in [3.05, 3.63) is 58.7 Å². The van der Waals surface area contributed by atoms with E-state index in [2.05, 4.69) is 0 Å². The molecule has 0 spiro atoms. The van der Waals surface area contributed by atoms with Crippen LogP contribution in [0, 0.1) is 11.8 Å². The van der Waals surface area contributed by atoms with E-state index < -0.39 is 31.6 Å². The quantitative estimate of drug-likeness (QED) is 0.512. The molecule has 192 valence electrons. The lowest BCUT2D eigenvalue weighted by atomic mass is 9.84. The molecular formula is C26H30N2O6S2. The topological polar surface area (TPSA) is 109 Å². The Morgan fingerprint density at radius 1 is 0.639 bits per heavy atom. The first-order valence-corrected chi connectivity index (χ1v) is 15.3. The average Bonchev–Trinajstić information content (AvgIpc) is 2.86. The van der Waals surface area contributed by atoms with Gasteiger partial charge in [0.25, 0.3) is 0 Å². The SMILES string of the molecule is CC1CCCN(S(=O)(=O)c2ccc3c(c2)C(=O)c2cc(S(=O)(=O)N4CCCC(C)C4)ccc2C3=O)C1. The second-order valence-corrected chi connectivity index (χ2v) is 14.2. The molecule has 2 heterocycles. The smallest absolute Gasteiger partial charge is 0.243 e. The van der Waals surface area contributed by atoms with Gasteiger partial charge in [-0.3, -0.25) is 9.59 Å². The van der Waals surface area contributed by atoms with Crippen molar-refractivity contribution in [1.29, 1.82) is 0 Å². The molecular weight excluding hydrogens is 500 g/mol. The highest BCUT2D eigenvalue weighted by Crippen LogP contribution is 2.33. The molecule has 3 aliphatic rings. The summed E-state index contributed by atoms with van der Waals surface area (Å²) in [5.41, 5.74) is 0.220. The number of carbonyl (C=O) groups is 2. The predicted molar refractivity (Wildman–Crippen MR) is 134 cm³/mol. The first-order chi connectivity index (χ1) is 17.0. The molecule has 0 aromatic heterocycles. The number of hydrogen-bond donors (Lipinski definition) is 0. The molecule has 8 nitrogen and oxygen atoms in total. The number of ketones is 2. The van der Waals surface area contributed by atoms with E-state index in [1.54, 1.807) is 0 Å². The summed E-state index contributed by atoms with van der Waals surface area (Å²) in [5.74, 6) is -0.493. The van der Waals surface area contributed by atoms with Crippen LogP contribution in [0.3, 0.4) is 0 Å². The minimum atomic E-state index is -3.83. The van der Waals surface area contributed by atoms with Crippen molar-refractivity contribution in [2.45, 2.75) is 49.3 Å². The second-order valence-electron chi connectivity index (χ2n) is 10.3. The Morgan fingerprint density at radius 2 is 1.03 bits per heavy atom. The third-order valence-corrected chi connectivity index (χ3v) is 11.2. The number of rotatable bonds is 4. The molecule has 1 aliphatic carbocycles. The van der Waals surface area contributed by atoms with E-state index in [9.17, 15) is 26.4 Å². The molecule has 0 N–H and O–H groups in total. The molecule has 36 heavy (non-hydrogen) atoms. The third-order valence-electron chi connectivity index (χ3n) is 7.48. The molecule has 5 rings (SSSR count). The van der Waals surface area contributed by atoms with Gasteiger partial charge in [0.15, 0.2) is 11.6 Å². The van der Waals surface area contributed by atoms with Crippen LogP contribution in [0.1, 0.15) is 71.4 Å². The maximum atomic E-state index is 13.5. The summed E-state index contributed by atoms with van der Waals surface area (Å²) >= 11 is 0. The highest BCUT2D eigenvalue weighted by atomic mass is 32.2. The molecule has 0 radical (unpaired) electrons. The zero-order valence-electron chi connectivity index (χ0n) is 20.4. The van der Waals surface area contributed by atoms with Crippen LogP contribution in [0.4, 0.5) is 0 Å². The van der Waals surface area contributed by atoms with Crippen LogP contribution in [0.15, 0.2) is 46.2 Å². The molecule has 2 atom stereocenters. The van der Waals surface area contributed by atoms with Gasteiger partial charge in [-0.05, 0) is 73.9 Å². The van der Waals surface area contributed by atoms with Crippen molar-refractivity contribution in [2.75, 3.05) is 26.2 Å². The van der Waals surface area contributed by atoms with Crippen molar-refractivity contribution < 1.29 is 26.4 Å². The van der Waals surface area contributed by atoms with Crippen molar-refractivity contribution >= 4 is 31.6 Å². The fourth-order valence-corrected chi connectivity index (χ4v) is 8.71. The van der Waals surface area contributed by atoms with E-state index in [-0.39, 0.29) is 43.9 Å². The Kier molecular flexibility index (Phi) is 6.43. The molecule has 0 saturated carbocycles. The molecule has 2 aliphatic heterocycles. The minimum Gasteiger partial charge on any atom is -0.289 e. The highest BCUT2D eigenvalue weighted by Gasteiger charge is 2.36. The molecule has 0 amide bonds. The van der Waals surface area contributed by atoms with Gasteiger partial charge in [0, 0.05) is 48.4 Å². The summed E-state index contributed by atoms with van der Waals surface area (Å²) in [6.07, 6.45) is 3.45. The lowest BCUT2D eigenvalue weighted by Gasteiger charge is -2.30. The standard InChI is InChI=1S/C26H30N2O6S2/c1-17-5-3-11-27(15-17)35(31,32)19-7-9-21-23(13-19)26(30)24-14-20(8-10-22(24)25(21)29)36(33,34)28-12-4-6-18(2)16-28/h7-10,13-14,17-18H,3-6,11-12,15-16H2,1-2H3. The van der Waals surface area contributed by atoms with Crippen molar-refractivity contribution in [3.8, 4) is 0 Å². The number of piperidine rings is 2. The lowest BCUT2D eigenvalue weighted by molar-refractivity contribution is 0.0978. The third kappa shape index (κ3) is 4.23. The summed E-state index contributed by atoms with van der Waals surface area (Å²) in [6, 6.07) is 8.05. The number of hydrogen-bond acceptors (Lipinski definition) is 6. The molecule has 10 heteroatoms. The highest BCUT2D eigenvalue weighted by molar-refractivity contribution is 7.89. The van der Waals surface area contributed by atoms with Gasteiger partial charge in [-0.15, -0.1) is 0 Å². The van der Waals surface area contributed by atoms with Gasteiger partial charge in [-0.2, -0.15) is 8.61 Å². The number of fused-ring (bicyclic) bond motifs is 2. The fourth-order valence-electron chi connectivity index (χ4n) is 5.46. The first kappa shape index (κ1) is 25.3. The van der Waals surface area contributed by atoms with Crippen LogP contribution in [-0.4, -0.2) is 63.2 Å². The number of carbonyl (C=O) groups excluding carboxylic acids is 2. The Hall–Kier alpha value is -2.40. The van der Waals surface area contributed by atoms with Crippen LogP contribution >= 0.6 is 0 Å². The van der Waals surface area contributed by atoms with Crippen molar-refractivity contribution in [2.24, 2.45) is 11.8 Å². The Bertz CT molecular complexity index is 1360. The normalized spacial score (nSPS) is 23.8. The summed E-state index contributed by atoms with van der Waals surface area (Å²) in [6.45, 7) is 5.65. The lowest BCUT2D eigenvalue weighted by Crippen LogP contribution is -2.39. The molecule has 2 unspecified atom stereocenters. The van der Waals surface area contributed by atoms with E-state index >= 15 is 0 Å². The molecule has 2 aromatic carbocycles. The van der Waals surface area contributed by atoms with Gasteiger partial charge in [-0.1, -0.05) is 13.8 Å². The maximum Gasteiger partial charge on any atom is 0.243 e. The van der Waals surface area contributed by atoms with E-state index in [0.29, 0.717) is 26.2 Å². The molecule has 2 aromatic rings. The minimum absolute atomic E-state index is 0.0141. The molecule has 2 fully saturated rings. The molecule has 2 saturated heterocycles. The van der Waals surface area contributed by atoms with E-state index in [1.165, 1.54) is 45.0 Å². The zero-order chi connectivity index (χ0) is 25.8. The van der Waals surface area contributed by atoms with Gasteiger partial charge in [0.1, 0.15) is 0 Å².